The third kappa shape index (κ3) is 6.27. The molecule has 0 aliphatic rings. The van der Waals surface area contributed by atoms with E-state index in [-0.39, 0.29) is 0 Å². The first-order chi connectivity index (χ1) is 3.91. The molecule has 3 heteroatoms. The summed E-state index contributed by atoms with van der Waals surface area (Å²) >= 11 is 4.00. The van der Waals surface area contributed by atoms with Crippen molar-refractivity contribution in [2.75, 3.05) is 26.3 Å². The van der Waals surface area contributed by atoms with Crippen LogP contribution in [0.15, 0.2) is 0 Å². The second-order valence-electron chi connectivity index (χ2n) is 1.39. The minimum absolute atomic E-state index is 0.397. The maximum atomic E-state index is 4.95. The lowest BCUT2D eigenvalue weighted by molar-refractivity contribution is -0.0297. The van der Waals surface area contributed by atoms with Crippen molar-refractivity contribution in [2.24, 2.45) is 0 Å². The Morgan fingerprint density at radius 2 is 2.25 bits per heavy atom. The second kappa shape index (κ2) is 7.27. The number of thiol groups is 1. The van der Waals surface area contributed by atoms with Crippen LogP contribution >= 0.6 is 12.6 Å². The molecule has 0 atom stereocenters. The molecule has 0 radical (unpaired) electrons. The smallest absolute Gasteiger partial charge is 0.146 e. The van der Waals surface area contributed by atoms with Gasteiger partial charge in [0.15, 0.2) is 0 Å². The fraction of sp³-hybridized carbons (Fsp3) is 1.00. The summed E-state index contributed by atoms with van der Waals surface area (Å²) < 4.78 is 9.59. The van der Waals surface area contributed by atoms with E-state index in [9.17, 15) is 0 Å². The van der Waals surface area contributed by atoms with Crippen LogP contribution in [-0.4, -0.2) is 26.3 Å². The number of ether oxygens (including phenoxy) is 2. The molecule has 0 fully saturated rings. The van der Waals surface area contributed by atoms with E-state index in [1.54, 1.807) is 7.11 Å². The molecule has 0 aromatic heterocycles. The van der Waals surface area contributed by atoms with Crippen molar-refractivity contribution >= 4 is 12.6 Å². The van der Waals surface area contributed by atoms with Gasteiger partial charge < -0.3 is 9.47 Å². The summed E-state index contributed by atoms with van der Waals surface area (Å²) in [5.74, 6) is 0.879. The van der Waals surface area contributed by atoms with Crippen molar-refractivity contribution in [3.63, 3.8) is 0 Å². The van der Waals surface area contributed by atoms with Crippen LogP contribution in [0.4, 0.5) is 0 Å². The zero-order chi connectivity index (χ0) is 6.24. The van der Waals surface area contributed by atoms with Gasteiger partial charge in [-0.2, -0.15) is 12.6 Å². The molecule has 0 bridgehead atoms. The Morgan fingerprint density at radius 3 is 2.75 bits per heavy atom. The third-order valence-corrected chi connectivity index (χ3v) is 0.964. The molecule has 0 heterocycles. The molecule has 0 aromatic carbocycles. The summed E-state index contributed by atoms with van der Waals surface area (Å²) in [4.78, 5) is 0. The van der Waals surface area contributed by atoms with Gasteiger partial charge in [0.25, 0.3) is 0 Å². The molecule has 0 aliphatic carbocycles. The number of rotatable bonds is 5. The highest BCUT2D eigenvalue weighted by molar-refractivity contribution is 7.80. The van der Waals surface area contributed by atoms with E-state index in [1.807, 2.05) is 0 Å². The highest BCUT2D eigenvalue weighted by atomic mass is 32.1. The van der Waals surface area contributed by atoms with Crippen molar-refractivity contribution in [1.82, 2.24) is 0 Å². The van der Waals surface area contributed by atoms with Gasteiger partial charge in [-0.25, -0.2) is 0 Å². The molecular weight excluding hydrogens is 124 g/mol. The lowest BCUT2D eigenvalue weighted by atomic mass is 10.5. The van der Waals surface area contributed by atoms with Gasteiger partial charge in [-0.05, 0) is 12.2 Å². The first-order valence-electron chi connectivity index (χ1n) is 2.59. The van der Waals surface area contributed by atoms with Crippen LogP contribution in [0.2, 0.25) is 0 Å². The largest absolute Gasteiger partial charge is 0.359 e. The Balaban J connectivity index is 2.53. The maximum Gasteiger partial charge on any atom is 0.146 e. The quantitative estimate of drug-likeness (QED) is 0.344. The van der Waals surface area contributed by atoms with E-state index in [1.165, 1.54) is 0 Å². The van der Waals surface area contributed by atoms with Crippen molar-refractivity contribution < 1.29 is 9.47 Å². The van der Waals surface area contributed by atoms with Crippen LogP contribution in [0.5, 0.6) is 0 Å². The van der Waals surface area contributed by atoms with Crippen molar-refractivity contribution in [2.45, 2.75) is 6.42 Å². The summed E-state index contributed by atoms with van der Waals surface area (Å²) in [7, 11) is 1.61. The third-order valence-electron chi connectivity index (χ3n) is 0.648. The molecular formula is C5H12O2S. The average molecular weight is 136 g/mol. The van der Waals surface area contributed by atoms with Crippen LogP contribution in [-0.2, 0) is 9.47 Å². The van der Waals surface area contributed by atoms with Gasteiger partial charge in [-0.15, -0.1) is 0 Å². The minimum atomic E-state index is 0.397. The van der Waals surface area contributed by atoms with Gasteiger partial charge in [0.2, 0.25) is 0 Å². The standard InChI is InChI=1S/C5H12O2S/c1-6-5-7-3-2-4-8/h8H,2-5H2,1H3. The monoisotopic (exact) mass is 136 g/mol. The molecule has 0 aromatic rings. The highest BCUT2D eigenvalue weighted by Gasteiger charge is 1.82. The van der Waals surface area contributed by atoms with E-state index in [0.29, 0.717) is 6.79 Å². The van der Waals surface area contributed by atoms with Gasteiger partial charge in [0, 0.05) is 7.11 Å². The summed E-state index contributed by atoms with van der Waals surface area (Å²) in [6.07, 6.45) is 0.993. The van der Waals surface area contributed by atoms with Crippen LogP contribution in [0, 0.1) is 0 Å². The lowest BCUT2D eigenvalue weighted by Crippen LogP contribution is -1.98. The van der Waals surface area contributed by atoms with Crippen molar-refractivity contribution in [3.8, 4) is 0 Å². The minimum Gasteiger partial charge on any atom is -0.359 e. The fourth-order valence-corrected chi connectivity index (χ4v) is 0.438. The topological polar surface area (TPSA) is 18.5 Å². The second-order valence-corrected chi connectivity index (χ2v) is 1.84. The zero-order valence-corrected chi connectivity index (χ0v) is 5.99. The van der Waals surface area contributed by atoms with E-state index < -0.39 is 0 Å². The first-order valence-corrected chi connectivity index (χ1v) is 3.22. The molecule has 50 valence electrons. The van der Waals surface area contributed by atoms with Crippen LogP contribution < -0.4 is 0 Å². The van der Waals surface area contributed by atoms with Crippen LogP contribution in [0.3, 0.4) is 0 Å². The Bertz CT molecular complexity index is 35.4. The molecule has 0 unspecified atom stereocenters. The summed E-state index contributed by atoms with van der Waals surface area (Å²) in [6, 6.07) is 0. The SMILES string of the molecule is COCOCCCS. The molecule has 0 saturated heterocycles. The molecule has 0 N–H and O–H groups in total. The van der Waals surface area contributed by atoms with Crippen molar-refractivity contribution in [3.05, 3.63) is 0 Å². The summed E-state index contributed by atoms with van der Waals surface area (Å²) in [6.45, 7) is 1.14. The predicted molar refractivity (Wildman–Crippen MR) is 36.3 cm³/mol. The maximum absolute atomic E-state index is 4.95. The Kier molecular flexibility index (Phi) is 7.52. The van der Waals surface area contributed by atoms with Crippen LogP contribution in [0.25, 0.3) is 0 Å². The summed E-state index contributed by atoms with van der Waals surface area (Å²) in [5.41, 5.74) is 0. The van der Waals surface area contributed by atoms with Crippen LogP contribution in [0.1, 0.15) is 6.42 Å². The predicted octanol–water partition coefficient (Wildman–Crippen LogP) is 0.927. The van der Waals surface area contributed by atoms with Gasteiger partial charge >= 0.3 is 0 Å². The molecule has 2 nitrogen and oxygen atoms in total. The Morgan fingerprint density at radius 1 is 1.50 bits per heavy atom. The molecule has 0 rings (SSSR count). The van der Waals surface area contributed by atoms with Gasteiger partial charge in [-0.3, -0.25) is 0 Å². The number of methoxy groups -OCH3 is 1. The normalized spacial score (nSPS) is 9.75. The van der Waals surface area contributed by atoms with E-state index in [2.05, 4.69) is 17.4 Å². The molecule has 8 heavy (non-hydrogen) atoms. The number of hydrogen-bond acceptors (Lipinski definition) is 3. The Labute approximate surface area is 55.6 Å². The van der Waals surface area contributed by atoms with Gasteiger partial charge in [-0.1, -0.05) is 0 Å². The van der Waals surface area contributed by atoms with Crippen molar-refractivity contribution in [1.29, 1.82) is 0 Å². The molecule has 0 saturated carbocycles. The number of hydrogen-bond donors (Lipinski definition) is 1. The first kappa shape index (κ1) is 8.27. The molecule has 0 amide bonds. The molecule has 0 aliphatic heterocycles. The summed E-state index contributed by atoms with van der Waals surface area (Å²) in [5, 5.41) is 0. The van der Waals surface area contributed by atoms with Gasteiger partial charge in [0.05, 0.1) is 6.61 Å². The fourth-order valence-electron chi connectivity index (χ4n) is 0.309. The van der Waals surface area contributed by atoms with E-state index in [0.717, 1.165) is 18.8 Å². The lowest BCUT2D eigenvalue weighted by Gasteiger charge is -1.98. The zero-order valence-electron chi connectivity index (χ0n) is 5.09. The van der Waals surface area contributed by atoms with Gasteiger partial charge in [0.1, 0.15) is 6.79 Å². The highest BCUT2D eigenvalue weighted by Crippen LogP contribution is 1.84. The van der Waals surface area contributed by atoms with E-state index in [4.69, 9.17) is 4.74 Å². The van der Waals surface area contributed by atoms with E-state index >= 15 is 0 Å². The Hall–Kier alpha value is 0.270. The average Bonchev–Trinajstić information content (AvgIpc) is 1.81. The molecule has 0 spiro atoms.